The van der Waals surface area contributed by atoms with Gasteiger partial charge < -0.3 is 5.32 Å². The second-order valence-corrected chi connectivity index (χ2v) is 3.78. The molecular formula is C10H13F2N3O. The van der Waals surface area contributed by atoms with Crippen LogP contribution in [0.1, 0.15) is 32.5 Å². The Kier molecular flexibility index (Phi) is 4.28. The third-order valence-corrected chi connectivity index (χ3v) is 1.74. The van der Waals surface area contributed by atoms with Crippen molar-refractivity contribution in [2.24, 2.45) is 5.92 Å². The highest BCUT2D eigenvalue weighted by Crippen LogP contribution is 2.14. The molecular weight excluding hydrogens is 216 g/mol. The molecule has 6 heteroatoms. The van der Waals surface area contributed by atoms with Crippen molar-refractivity contribution in [3.05, 3.63) is 18.2 Å². The van der Waals surface area contributed by atoms with Crippen molar-refractivity contribution in [2.75, 3.05) is 5.32 Å². The normalized spacial score (nSPS) is 10.9. The van der Waals surface area contributed by atoms with Crippen molar-refractivity contribution < 1.29 is 13.6 Å². The fourth-order valence-corrected chi connectivity index (χ4v) is 1.10. The molecule has 1 rings (SSSR count). The Hall–Kier alpha value is -1.59. The molecule has 4 nitrogen and oxygen atoms in total. The van der Waals surface area contributed by atoms with E-state index in [4.69, 9.17) is 0 Å². The molecule has 1 aromatic heterocycles. The van der Waals surface area contributed by atoms with E-state index in [0.29, 0.717) is 12.1 Å². The summed E-state index contributed by atoms with van der Waals surface area (Å²) in [6.07, 6.45) is 0.0242. The van der Waals surface area contributed by atoms with Crippen LogP contribution in [0.4, 0.5) is 14.5 Å². The summed E-state index contributed by atoms with van der Waals surface area (Å²) in [4.78, 5) is 18.2. The minimum Gasteiger partial charge on any atom is -0.323 e. The van der Waals surface area contributed by atoms with Gasteiger partial charge in [0.2, 0.25) is 5.91 Å². The lowest BCUT2D eigenvalue weighted by Crippen LogP contribution is -2.14. The number of aromatic nitrogens is 2. The van der Waals surface area contributed by atoms with E-state index in [1.807, 2.05) is 13.8 Å². The summed E-state index contributed by atoms with van der Waals surface area (Å²) >= 11 is 0. The molecule has 0 radical (unpaired) electrons. The third kappa shape index (κ3) is 3.88. The van der Waals surface area contributed by atoms with Gasteiger partial charge in [0.15, 0.2) is 5.82 Å². The Labute approximate surface area is 92.1 Å². The van der Waals surface area contributed by atoms with Gasteiger partial charge in [-0.15, -0.1) is 0 Å². The van der Waals surface area contributed by atoms with Crippen LogP contribution < -0.4 is 5.32 Å². The summed E-state index contributed by atoms with van der Waals surface area (Å²) in [6, 6.07) is 0. The Bertz CT molecular complexity index is 352. The predicted molar refractivity (Wildman–Crippen MR) is 55.1 cm³/mol. The third-order valence-electron chi connectivity index (χ3n) is 1.74. The summed E-state index contributed by atoms with van der Waals surface area (Å²) in [7, 11) is 0. The van der Waals surface area contributed by atoms with Gasteiger partial charge in [0.25, 0.3) is 6.43 Å². The largest absolute Gasteiger partial charge is 0.323 e. The molecule has 0 unspecified atom stereocenters. The molecule has 1 amide bonds. The molecule has 0 aliphatic carbocycles. The summed E-state index contributed by atoms with van der Waals surface area (Å²) in [5.41, 5.74) is 0.329. The van der Waals surface area contributed by atoms with Gasteiger partial charge in [-0.1, -0.05) is 13.8 Å². The number of anilines is 1. The van der Waals surface area contributed by atoms with Gasteiger partial charge in [-0.2, -0.15) is 0 Å². The first kappa shape index (κ1) is 12.5. The number of halogens is 2. The van der Waals surface area contributed by atoms with Crippen LogP contribution in [-0.2, 0) is 4.79 Å². The maximum atomic E-state index is 12.1. The molecule has 0 aliphatic heterocycles. The second kappa shape index (κ2) is 5.48. The maximum absolute atomic E-state index is 12.1. The van der Waals surface area contributed by atoms with Crippen LogP contribution in [-0.4, -0.2) is 15.9 Å². The van der Waals surface area contributed by atoms with E-state index in [-0.39, 0.29) is 11.8 Å². The van der Waals surface area contributed by atoms with Crippen molar-refractivity contribution in [2.45, 2.75) is 26.7 Å². The zero-order valence-corrected chi connectivity index (χ0v) is 9.08. The van der Waals surface area contributed by atoms with Crippen molar-refractivity contribution in [1.82, 2.24) is 9.97 Å². The molecule has 0 spiro atoms. The van der Waals surface area contributed by atoms with Crippen LogP contribution in [0.5, 0.6) is 0 Å². The van der Waals surface area contributed by atoms with E-state index < -0.39 is 12.2 Å². The Morgan fingerprint density at radius 2 is 1.94 bits per heavy atom. The Morgan fingerprint density at radius 3 is 2.38 bits per heavy atom. The number of alkyl halides is 2. The highest BCUT2D eigenvalue weighted by atomic mass is 19.3. The molecule has 1 heterocycles. The lowest BCUT2D eigenvalue weighted by Gasteiger charge is -2.06. The summed E-state index contributed by atoms with van der Waals surface area (Å²) < 4.78 is 24.2. The molecule has 0 saturated heterocycles. The molecule has 88 valence electrons. The topological polar surface area (TPSA) is 54.9 Å². The number of carbonyl (C=O) groups is 1. The van der Waals surface area contributed by atoms with Crippen LogP contribution >= 0.6 is 0 Å². The van der Waals surface area contributed by atoms with Crippen LogP contribution in [0, 0.1) is 5.92 Å². The minimum atomic E-state index is -2.69. The average molecular weight is 229 g/mol. The highest BCUT2D eigenvalue weighted by molar-refractivity contribution is 5.90. The average Bonchev–Trinajstić information content (AvgIpc) is 2.16. The number of nitrogens with one attached hydrogen (secondary N) is 1. The molecule has 0 atom stereocenters. The minimum absolute atomic E-state index is 0.177. The smallest absolute Gasteiger partial charge is 0.297 e. The van der Waals surface area contributed by atoms with Crippen LogP contribution in [0.2, 0.25) is 0 Å². The molecule has 1 N–H and O–H groups in total. The molecule has 1 aromatic rings. The summed E-state index contributed by atoms with van der Waals surface area (Å²) in [6.45, 7) is 3.83. The lowest BCUT2D eigenvalue weighted by molar-refractivity contribution is -0.116. The number of amides is 1. The van der Waals surface area contributed by atoms with Crippen molar-refractivity contribution >= 4 is 11.6 Å². The second-order valence-electron chi connectivity index (χ2n) is 3.78. The predicted octanol–water partition coefficient (Wildman–Crippen LogP) is 2.40. The van der Waals surface area contributed by atoms with E-state index in [1.54, 1.807) is 0 Å². The van der Waals surface area contributed by atoms with Gasteiger partial charge in [-0.3, -0.25) is 4.79 Å². The van der Waals surface area contributed by atoms with E-state index >= 15 is 0 Å². The zero-order valence-electron chi connectivity index (χ0n) is 9.08. The first-order valence-corrected chi connectivity index (χ1v) is 4.89. The number of hydrogen-bond donors (Lipinski definition) is 1. The first-order valence-electron chi connectivity index (χ1n) is 4.89. The first-order chi connectivity index (χ1) is 7.49. The number of hydrogen-bond acceptors (Lipinski definition) is 3. The van der Waals surface area contributed by atoms with Gasteiger partial charge in [-0.05, 0) is 5.92 Å². The summed E-state index contributed by atoms with van der Waals surface area (Å²) in [5, 5.41) is 2.53. The monoisotopic (exact) mass is 229 g/mol. The lowest BCUT2D eigenvalue weighted by atomic mass is 10.1. The van der Waals surface area contributed by atoms with Gasteiger partial charge >= 0.3 is 0 Å². The quantitative estimate of drug-likeness (QED) is 0.862. The number of rotatable bonds is 4. The number of nitrogens with zero attached hydrogens (tertiary/aromatic N) is 2. The van der Waals surface area contributed by atoms with Gasteiger partial charge in [0.05, 0.1) is 18.1 Å². The summed E-state index contributed by atoms with van der Waals surface area (Å²) in [5.74, 6) is -0.480. The van der Waals surface area contributed by atoms with Crippen LogP contribution in [0.25, 0.3) is 0 Å². The van der Waals surface area contributed by atoms with Gasteiger partial charge in [0.1, 0.15) is 0 Å². The maximum Gasteiger partial charge on any atom is 0.297 e. The van der Waals surface area contributed by atoms with Crippen molar-refractivity contribution in [3.63, 3.8) is 0 Å². The van der Waals surface area contributed by atoms with Crippen LogP contribution in [0.3, 0.4) is 0 Å². The standard InChI is InChI=1S/C10H13F2N3O/c1-6(2)3-8(16)15-7-4-13-10(9(11)12)14-5-7/h4-6,9H,3H2,1-2H3,(H,15,16). The number of carbonyl (C=O) groups excluding carboxylic acids is 1. The molecule has 0 aliphatic rings. The molecule has 0 saturated carbocycles. The zero-order chi connectivity index (χ0) is 12.1. The Morgan fingerprint density at radius 1 is 1.38 bits per heavy atom. The SMILES string of the molecule is CC(C)CC(=O)Nc1cnc(C(F)F)nc1. The van der Waals surface area contributed by atoms with E-state index in [1.165, 1.54) is 12.4 Å². The molecule has 0 aromatic carbocycles. The molecule has 0 bridgehead atoms. The van der Waals surface area contributed by atoms with Gasteiger partial charge in [-0.25, -0.2) is 18.7 Å². The van der Waals surface area contributed by atoms with Crippen molar-refractivity contribution in [3.8, 4) is 0 Å². The van der Waals surface area contributed by atoms with Crippen LogP contribution in [0.15, 0.2) is 12.4 Å². The molecule has 0 fully saturated rings. The highest BCUT2D eigenvalue weighted by Gasteiger charge is 2.11. The Balaban J connectivity index is 2.58. The van der Waals surface area contributed by atoms with E-state index in [2.05, 4.69) is 15.3 Å². The fourth-order valence-electron chi connectivity index (χ4n) is 1.10. The van der Waals surface area contributed by atoms with Gasteiger partial charge in [0, 0.05) is 6.42 Å². The molecule has 16 heavy (non-hydrogen) atoms. The van der Waals surface area contributed by atoms with E-state index in [9.17, 15) is 13.6 Å². The van der Waals surface area contributed by atoms with Crippen molar-refractivity contribution in [1.29, 1.82) is 0 Å². The fraction of sp³-hybridized carbons (Fsp3) is 0.500. The van der Waals surface area contributed by atoms with E-state index in [0.717, 1.165) is 0 Å².